The standard InChI is InChI=1S/C21H18BrClN2O3S/c1-15-13-17(23)9-12-20(15)25(29(27,28)19-5-3-2-4-6-19)14-21(26)24-18-10-7-16(22)8-11-18/h2-13H,14H2,1H3,(H,24,26). The summed E-state index contributed by atoms with van der Waals surface area (Å²) in [5.41, 5.74) is 1.61. The van der Waals surface area contributed by atoms with Gasteiger partial charge in [0.25, 0.3) is 10.0 Å². The number of aryl methyl sites for hydroxylation is 1. The van der Waals surface area contributed by atoms with E-state index in [0.29, 0.717) is 22.0 Å². The number of hydrogen-bond acceptors (Lipinski definition) is 3. The summed E-state index contributed by atoms with van der Waals surface area (Å²) in [6, 6.07) is 19.9. The van der Waals surface area contributed by atoms with Gasteiger partial charge in [-0.05, 0) is 67.1 Å². The first-order chi connectivity index (χ1) is 13.8. The molecule has 3 aromatic rings. The maximum atomic E-state index is 13.3. The van der Waals surface area contributed by atoms with Crippen LogP contribution in [0.5, 0.6) is 0 Å². The second-order valence-corrected chi connectivity index (χ2v) is 9.53. The van der Waals surface area contributed by atoms with Gasteiger partial charge >= 0.3 is 0 Å². The van der Waals surface area contributed by atoms with Crippen LogP contribution >= 0.6 is 27.5 Å². The minimum Gasteiger partial charge on any atom is -0.325 e. The average molecular weight is 494 g/mol. The molecule has 0 aliphatic heterocycles. The third-order valence-corrected chi connectivity index (χ3v) is 6.71. The van der Waals surface area contributed by atoms with Gasteiger partial charge in [0.05, 0.1) is 10.6 Å². The fraction of sp³-hybridized carbons (Fsp3) is 0.0952. The minimum atomic E-state index is -3.96. The lowest BCUT2D eigenvalue weighted by Gasteiger charge is -2.25. The van der Waals surface area contributed by atoms with Crippen molar-refractivity contribution in [2.24, 2.45) is 0 Å². The van der Waals surface area contributed by atoms with Gasteiger partial charge in [0.2, 0.25) is 5.91 Å². The van der Waals surface area contributed by atoms with Gasteiger partial charge in [-0.25, -0.2) is 8.42 Å². The number of anilines is 2. The van der Waals surface area contributed by atoms with Gasteiger partial charge in [-0.15, -0.1) is 0 Å². The third kappa shape index (κ3) is 5.18. The third-order valence-electron chi connectivity index (χ3n) is 4.17. The maximum absolute atomic E-state index is 13.3. The Labute approximate surface area is 183 Å². The van der Waals surface area contributed by atoms with Gasteiger partial charge in [-0.2, -0.15) is 0 Å². The molecular weight excluding hydrogens is 476 g/mol. The molecule has 0 fully saturated rings. The minimum absolute atomic E-state index is 0.103. The summed E-state index contributed by atoms with van der Waals surface area (Å²) < 4.78 is 28.6. The van der Waals surface area contributed by atoms with E-state index >= 15 is 0 Å². The van der Waals surface area contributed by atoms with Crippen LogP contribution < -0.4 is 9.62 Å². The fourth-order valence-electron chi connectivity index (χ4n) is 2.78. The van der Waals surface area contributed by atoms with E-state index in [1.807, 2.05) is 0 Å². The molecule has 0 aliphatic carbocycles. The van der Waals surface area contributed by atoms with Crippen molar-refractivity contribution in [2.75, 3.05) is 16.2 Å². The predicted molar refractivity (Wildman–Crippen MR) is 120 cm³/mol. The summed E-state index contributed by atoms with van der Waals surface area (Å²) in [5.74, 6) is -0.457. The highest BCUT2D eigenvalue weighted by atomic mass is 79.9. The zero-order valence-corrected chi connectivity index (χ0v) is 18.6. The van der Waals surface area contributed by atoms with Crippen LogP contribution in [0.4, 0.5) is 11.4 Å². The molecular formula is C21H18BrClN2O3S. The molecule has 0 aliphatic rings. The van der Waals surface area contributed by atoms with Crippen molar-refractivity contribution < 1.29 is 13.2 Å². The van der Waals surface area contributed by atoms with E-state index in [1.54, 1.807) is 67.6 Å². The number of nitrogens with one attached hydrogen (secondary N) is 1. The van der Waals surface area contributed by atoms with Gasteiger partial charge in [-0.3, -0.25) is 9.10 Å². The molecule has 0 saturated heterocycles. The fourth-order valence-corrected chi connectivity index (χ4v) is 4.78. The van der Waals surface area contributed by atoms with Crippen LogP contribution in [0.15, 0.2) is 82.2 Å². The van der Waals surface area contributed by atoms with Gasteiger partial charge in [0.1, 0.15) is 6.54 Å². The smallest absolute Gasteiger partial charge is 0.264 e. The number of amides is 1. The first-order valence-corrected chi connectivity index (χ1v) is 11.3. The Hall–Kier alpha value is -2.35. The number of nitrogens with zero attached hydrogens (tertiary/aromatic N) is 1. The molecule has 1 N–H and O–H groups in total. The molecule has 8 heteroatoms. The highest BCUT2D eigenvalue weighted by Gasteiger charge is 2.28. The summed E-state index contributed by atoms with van der Waals surface area (Å²) in [4.78, 5) is 12.8. The first kappa shape index (κ1) is 21.4. The van der Waals surface area contributed by atoms with Crippen molar-refractivity contribution in [3.8, 4) is 0 Å². The van der Waals surface area contributed by atoms with Gasteiger partial charge in [0, 0.05) is 15.2 Å². The second kappa shape index (κ2) is 8.98. The maximum Gasteiger partial charge on any atom is 0.264 e. The number of halogens is 2. The Balaban J connectivity index is 1.96. The topological polar surface area (TPSA) is 66.5 Å². The molecule has 3 rings (SSSR count). The van der Waals surface area contributed by atoms with E-state index in [4.69, 9.17) is 11.6 Å². The Morgan fingerprint density at radius 1 is 1.03 bits per heavy atom. The van der Waals surface area contributed by atoms with Crippen molar-refractivity contribution in [3.63, 3.8) is 0 Å². The summed E-state index contributed by atoms with van der Waals surface area (Å²) in [7, 11) is -3.96. The Morgan fingerprint density at radius 2 is 1.69 bits per heavy atom. The van der Waals surface area contributed by atoms with Gasteiger partial charge in [-0.1, -0.05) is 45.7 Å². The predicted octanol–water partition coefficient (Wildman–Crippen LogP) is 5.24. The molecule has 1 amide bonds. The molecule has 0 atom stereocenters. The summed E-state index contributed by atoms with van der Waals surface area (Å²) in [5, 5.41) is 3.22. The molecule has 0 saturated carbocycles. The number of rotatable bonds is 6. The van der Waals surface area contributed by atoms with Gasteiger partial charge < -0.3 is 5.32 Å². The molecule has 29 heavy (non-hydrogen) atoms. The monoisotopic (exact) mass is 492 g/mol. The van der Waals surface area contributed by atoms with Crippen molar-refractivity contribution in [1.29, 1.82) is 0 Å². The van der Waals surface area contributed by atoms with E-state index in [0.717, 1.165) is 8.78 Å². The average Bonchev–Trinajstić information content (AvgIpc) is 2.69. The van der Waals surface area contributed by atoms with Crippen molar-refractivity contribution in [2.45, 2.75) is 11.8 Å². The normalized spacial score (nSPS) is 11.1. The van der Waals surface area contributed by atoms with Crippen LogP contribution in [0.25, 0.3) is 0 Å². The molecule has 0 bridgehead atoms. The first-order valence-electron chi connectivity index (χ1n) is 8.67. The SMILES string of the molecule is Cc1cc(Cl)ccc1N(CC(=O)Nc1ccc(Br)cc1)S(=O)(=O)c1ccccc1. The van der Waals surface area contributed by atoms with Crippen molar-refractivity contribution in [1.82, 2.24) is 0 Å². The molecule has 0 spiro atoms. The van der Waals surface area contributed by atoms with Crippen LogP contribution in [-0.4, -0.2) is 20.9 Å². The quantitative estimate of drug-likeness (QED) is 0.510. The van der Waals surface area contributed by atoms with Crippen LogP contribution in [-0.2, 0) is 14.8 Å². The highest BCUT2D eigenvalue weighted by molar-refractivity contribution is 9.10. The van der Waals surface area contributed by atoms with Crippen LogP contribution in [0.2, 0.25) is 5.02 Å². The van der Waals surface area contributed by atoms with Crippen molar-refractivity contribution >= 4 is 54.8 Å². The lowest BCUT2D eigenvalue weighted by molar-refractivity contribution is -0.114. The lowest BCUT2D eigenvalue weighted by atomic mass is 10.2. The van der Waals surface area contributed by atoms with E-state index in [2.05, 4.69) is 21.2 Å². The van der Waals surface area contributed by atoms with Crippen molar-refractivity contribution in [3.05, 3.63) is 87.9 Å². The number of sulfonamides is 1. The van der Waals surface area contributed by atoms with E-state index in [-0.39, 0.29) is 11.4 Å². The molecule has 0 radical (unpaired) electrons. The largest absolute Gasteiger partial charge is 0.325 e. The van der Waals surface area contributed by atoms with E-state index in [9.17, 15) is 13.2 Å². The zero-order chi connectivity index (χ0) is 21.0. The number of benzene rings is 3. The Morgan fingerprint density at radius 3 is 2.31 bits per heavy atom. The highest BCUT2D eigenvalue weighted by Crippen LogP contribution is 2.29. The van der Waals surface area contributed by atoms with Crippen LogP contribution in [0, 0.1) is 6.92 Å². The second-order valence-electron chi connectivity index (χ2n) is 6.31. The molecule has 5 nitrogen and oxygen atoms in total. The number of carbonyl (C=O) groups is 1. The Kier molecular flexibility index (Phi) is 6.62. The van der Waals surface area contributed by atoms with Crippen LogP contribution in [0.3, 0.4) is 0 Å². The van der Waals surface area contributed by atoms with Gasteiger partial charge in [0.15, 0.2) is 0 Å². The molecule has 0 aromatic heterocycles. The number of carbonyl (C=O) groups excluding carboxylic acids is 1. The molecule has 150 valence electrons. The molecule has 0 unspecified atom stereocenters. The molecule has 0 heterocycles. The molecule has 3 aromatic carbocycles. The van der Waals surface area contributed by atoms with E-state index < -0.39 is 15.9 Å². The zero-order valence-electron chi connectivity index (χ0n) is 15.5. The lowest BCUT2D eigenvalue weighted by Crippen LogP contribution is -2.38. The summed E-state index contributed by atoms with van der Waals surface area (Å²) in [6.07, 6.45) is 0. The Bertz CT molecular complexity index is 1120. The summed E-state index contributed by atoms with van der Waals surface area (Å²) >= 11 is 9.36. The number of hydrogen-bond donors (Lipinski definition) is 1. The van der Waals surface area contributed by atoms with E-state index in [1.165, 1.54) is 12.1 Å². The summed E-state index contributed by atoms with van der Waals surface area (Å²) in [6.45, 7) is 1.37. The van der Waals surface area contributed by atoms with Crippen LogP contribution in [0.1, 0.15) is 5.56 Å².